The van der Waals surface area contributed by atoms with E-state index in [1.54, 1.807) is 23.3 Å². The Kier molecular flexibility index (Phi) is 13.3. The highest BCUT2D eigenvalue weighted by Crippen LogP contribution is 2.61. The van der Waals surface area contributed by atoms with Crippen LogP contribution in [0.5, 0.6) is 0 Å². The molecule has 2 fully saturated rings. The van der Waals surface area contributed by atoms with E-state index in [2.05, 4.69) is 160 Å². The lowest BCUT2D eigenvalue weighted by Gasteiger charge is -2.39. The largest absolute Gasteiger partial charge is 0.432 e. The maximum absolute atomic E-state index is 13.8. The number of amides is 2. The van der Waals surface area contributed by atoms with Gasteiger partial charge in [0, 0.05) is 22.7 Å². The van der Waals surface area contributed by atoms with Crippen molar-refractivity contribution in [1.29, 1.82) is 0 Å². The predicted octanol–water partition coefficient (Wildman–Crippen LogP) is 9.93. The zero-order valence-electron chi connectivity index (χ0n) is 41.1. The van der Waals surface area contributed by atoms with E-state index >= 15 is 0 Å². The summed E-state index contributed by atoms with van der Waals surface area (Å²) < 4.78 is 13.2. The molecule has 2 heterocycles. The lowest BCUT2D eigenvalue weighted by atomic mass is 9.67. The van der Waals surface area contributed by atoms with Crippen LogP contribution in [0.15, 0.2) is 36.4 Å². The second-order valence-corrected chi connectivity index (χ2v) is 32.7. The number of hydrogen-bond acceptors (Lipinski definition) is 6. The molecule has 0 aromatic heterocycles. The summed E-state index contributed by atoms with van der Waals surface area (Å²) in [7, 11) is -5.60. The fourth-order valence-electron chi connectivity index (χ4n) is 10.6. The van der Waals surface area contributed by atoms with Crippen LogP contribution in [0.25, 0.3) is 0 Å². The van der Waals surface area contributed by atoms with Crippen LogP contribution in [-0.2, 0) is 29.3 Å². The first-order valence-electron chi connectivity index (χ1n) is 22.8. The molecule has 8 atom stereocenters. The van der Waals surface area contributed by atoms with E-state index in [0.717, 1.165) is 0 Å². The molecule has 60 heavy (non-hydrogen) atoms. The van der Waals surface area contributed by atoms with Gasteiger partial charge in [-0.25, -0.2) is 0 Å². The first kappa shape index (κ1) is 48.8. The van der Waals surface area contributed by atoms with Crippen molar-refractivity contribution in [2.75, 3.05) is 13.2 Å². The minimum Gasteiger partial charge on any atom is -0.432 e. The maximum atomic E-state index is 13.8. The Bertz CT molecular complexity index is 1800. The standard InChI is InChI=1S/2C24H40BNO3Si/c2*1-15(2)24(7)18-13-16(3)11-12-17(18)20-19(14-29-30(9,10)23(4,5)6)26(25(8)28)22(27)21(20)24/h2*11-13,15,19-21,28H,14H2,1-10H3/t19-,20-,21-,24+;19-,20-,21-,24-/m11/s1. The van der Waals surface area contributed by atoms with Crippen LogP contribution < -0.4 is 0 Å². The molecule has 12 heteroatoms. The van der Waals surface area contributed by atoms with E-state index in [4.69, 9.17) is 8.85 Å². The fourth-order valence-corrected chi connectivity index (χ4v) is 12.7. The minimum absolute atomic E-state index is 0.0554. The van der Waals surface area contributed by atoms with E-state index in [1.807, 2.05) is 0 Å². The lowest BCUT2D eigenvalue weighted by molar-refractivity contribution is -0.131. The smallest absolute Gasteiger partial charge is 0.412 e. The van der Waals surface area contributed by atoms with Crippen molar-refractivity contribution in [2.45, 2.75) is 182 Å². The van der Waals surface area contributed by atoms with Crippen molar-refractivity contribution in [1.82, 2.24) is 9.62 Å². The molecule has 2 aromatic carbocycles. The fraction of sp³-hybridized carbons (Fsp3) is 0.708. The number of nitrogens with zero attached hydrogens (tertiary/aromatic N) is 2. The highest BCUT2D eigenvalue weighted by molar-refractivity contribution is 6.74. The van der Waals surface area contributed by atoms with Crippen molar-refractivity contribution < 1.29 is 28.5 Å². The minimum atomic E-state index is -1.98. The Labute approximate surface area is 367 Å². The summed E-state index contributed by atoms with van der Waals surface area (Å²) in [5, 5.41) is 21.4. The van der Waals surface area contributed by atoms with Crippen molar-refractivity contribution in [3.8, 4) is 0 Å². The molecule has 8 nitrogen and oxygen atoms in total. The van der Waals surface area contributed by atoms with Gasteiger partial charge in [0.25, 0.3) is 0 Å². The molecule has 0 saturated carbocycles. The number of hydrogen-bond donors (Lipinski definition) is 2. The third kappa shape index (κ3) is 7.88. The Morgan fingerprint density at radius 2 is 0.950 bits per heavy atom. The van der Waals surface area contributed by atoms with Gasteiger partial charge in [-0.3, -0.25) is 9.59 Å². The third-order valence-corrected chi connectivity index (χ3v) is 25.9. The van der Waals surface area contributed by atoms with Gasteiger partial charge in [-0.2, -0.15) is 0 Å². The number of carbonyl (C=O) groups is 2. The number of aryl methyl sites for hydroxylation is 2. The van der Waals surface area contributed by atoms with Crippen LogP contribution in [0, 0.1) is 37.5 Å². The molecule has 0 radical (unpaired) electrons. The molecular formula is C48H80B2N2O6Si2. The summed E-state index contributed by atoms with van der Waals surface area (Å²) in [4.78, 5) is 30.9. The second-order valence-electron chi connectivity index (χ2n) is 23.1. The predicted molar refractivity (Wildman–Crippen MR) is 254 cm³/mol. The SMILES string of the molecule is CB(O)N1C(=O)[C@H]2[C@H](c3ccc(C)cc3[C@@]2(C)C(C)C)[C@H]1CO[Si](C)(C)C(C)(C)C.CB(O)N1C(=O)[C@H]2[C@H](c3ccc(C)cc3[C@]2(C)C(C)C)[C@H]1CO[Si](C)(C)C(C)(C)C. The van der Waals surface area contributed by atoms with Crippen LogP contribution in [0.1, 0.15) is 128 Å². The summed E-state index contributed by atoms with van der Waals surface area (Å²) in [6.45, 7) is 44.4. The molecule has 2 amide bonds. The van der Waals surface area contributed by atoms with Crippen LogP contribution in [-0.4, -0.2) is 87.5 Å². The van der Waals surface area contributed by atoms with Gasteiger partial charge in [0.1, 0.15) is 0 Å². The van der Waals surface area contributed by atoms with Crippen LogP contribution in [0.3, 0.4) is 0 Å². The summed E-state index contributed by atoms with van der Waals surface area (Å²) in [5.41, 5.74) is 7.12. The monoisotopic (exact) mass is 859 g/mol. The molecule has 332 valence electrons. The summed E-state index contributed by atoms with van der Waals surface area (Å²) >= 11 is 0. The average Bonchev–Trinajstić information content (AvgIpc) is 3.76. The average molecular weight is 859 g/mol. The van der Waals surface area contributed by atoms with Crippen LogP contribution in [0.4, 0.5) is 0 Å². The maximum Gasteiger partial charge on any atom is 0.412 e. The number of benzene rings is 2. The highest BCUT2D eigenvalue weighted by atomic mass is 28.4. The lowest BCUT2D eigenvalue weighted by Crippen LogP contribution is -2.51. The Hall–Kier alpha value is -2.22. The molecule has 6 rings (SSSR count). The third-order valence-electron chi connectivity index (χ3n) is 16.9. The summed E-state index contributed by atoms with van der Waals surface area (Å²) in [6, 6.07) is 13.0. The van der Waals surface area contributed by atoms with E-state index in [1.165, 1.54) is 33.4 Å². The quantitative estimate of drug-likeness (QED) is 0.231. The second kappa shape index (κ2) is 16.4. The van der Waals surface area contributed by atoms with E-state index in [9.17, 15) is 19.6 Å². The van der Waals surface area contributed by atoms with Gasteiger partial charge >= 0.3 is 14.1 Å². The van der Waals surface area contributed by atoms with Gasteiger partial charge in [-0.1, -0.05) is 131 Å². The summed E-state index contributed by atoms with van der Waals surface area (Å²) in [5.74, 6) is 0.571. The molecule has 2 aromatic rings. The van der Waals surface area contributed by atoms with Crippen molar-refractivity contribution in [3.05, 3.63) is 69.8 Å². The number of fused-ring (bicyclic) bond motifs is 6. The Balaban J connectivity index is 0.000000228. The van der Waals surface area contributed by atoms with Gasteiger partial charge in [0.05, 0.1) is 37.1 Å². The van der Waals surface area contributed by atoms with Crippen LogP contribution >= 0.6 is 0 Å². The highest BCUT2D eigenvalue weighted by Gasteiger charge is 2.65. The van der Waals surface area contributed by atoms with Gasteiger partial charge in [-0.05, 0) is 97.8 Å². The molecule has 4 aliphatic rings. The van der Waals surface area contributed by atoms with Crippen molar-refractivity contribution >= 4 is 42.6 Å². The van der Waals surface area contributed by atoms with Crippen molar-refractivity contribution in [2.24, 2.45) is 23.7 Å². The molecule has 0 unspecified atom stereocenters. The van der Waals surface area contributed by atoms with Gasteiger partial charge < -0.3 is 28.5 Å². The normalized spacial score (nSPS) is 28.9. The number of rotatable bonds is 10. The molecule has 2 aliphatic heterocycles. The van der Waals surface area contributed by atoms with E-state index in [-0.39, 0.29) is 68.5 Å². The molecule has 2 N–H and O–H groups in total. The van der Waals surface area contributed by atoms with Gasteiger partial charge in [0.2, 0.25) is 11.8 Å². The zero-order chi connectivity index (χ0) is 45.6. The molecule has 0 bridgehead atoms. The van der Waals surface area contributed by atoms with E-state index < -0.39 is 30.7 Å². The first-order valence-corrected chi connectivity index (χ1v) is 28.6. The molecule has 0 spiro atoms. The molecule has 2 aliphatic carbocycles. The summed E-state index contributed by atoms with van der Waals surface area (Å²) in [6.07, 6.45) is 0. The van der Waals surface area contributed by atoms with Gasteiger partial charge in [0.15, 0.2) is 16.6 Å². The van der Waals surface area contributed by atoms with Crippen molar-refractivity contribution in [3.63, 3.8) is 0 Å². The number of carbonyl (C=O) groups excluding carboxylic acids is 2. The van der Waals surface area contributed by atoms with Crippen LogP contribution in [0.2, 0.25) is 49.9 Å². The Morgan fingerprint density at radius 3 is 1.20 bits per heavy atom. The Morgan fingerprint density at radius 1 is 0.650 bits per heavy atom. The van der Waals surface area contributed by atoms with E-state index in [0.29, 0.717) is 25.0 Å². The molecular weight excluding hydrogens is 778 g/mol. The zero-order valence-corrected chi connectivity index (χ0v) is 43.1. The topological polar surface area (TPSA) is 99.5 Å². The first-order chi connectivity index (χ1) is 27.3. The molecule has 2 saturated heterocycles. The van der Waals surface area contributed by atoms with Gasteiger partial charge in [-0.15, -0.1) is 0 Å².